The number of carbonyl (C=O) groups excluding carboxylic acids is 1. The van der Waals surface area contributed by atoms with E-state index in [0.29, 0.717) is 11.8 Å². The molecule has 1 aromatic rings. The molecule has 1 aromatic heterocycles. The number of aromatic nitrogens is 2. The highest BCUT2D eigenvalue weighted by Gasteiger charge is 2.17. The van der Waals surface area contributed by atoms with Crippen molar-refractivity contribution in [3.05, 3.63) is 17.5 Å². The zero-order valence-corrected chi connectivity index (χ0v) is 15.2. The Labute approximate surface area is 142 Å². The van der Waals surface area contributed by atoms with Gasteiger partial charge in [0.1, 0.15) is 6.61 Å². The van der Waals surface area contributed by atoms with Crippen LogP contribution in [0.25, 0.3) is 0 Å². The van der Waals surface area contributed by atoms with E-state index in [1.807, 2.05) is 11.8 Å². The minimum atomic E-state index is -0.108. The lowest BCUT2D eigenvalue weighted by Gasteiger charge is -2.20. The number of hydrogen-bond donors (Lipinski definition) is 1. The van der Waals surface area contributed by atoms with Crippen LogP contribution in [0.1, 0.15) is 31.2 Å². The molecule has 0 radical (unpaired) electrons. The van der Waals surface area contributed by atoms with Gasteiger partial charge in [-0.3, -0.25) is 14.4 Å². The molecule has 1 unspecified atom stereocenters. The highest BCUT2D eigenvalue weighted by molar-refractivity contribution is 7.99. The SMILES string of the molecule is COCC(=O)NCc1cc2n(n1)CCCN(CCC(C)SC)C2. The maximum atomic E-state index is 11.5. The number of nitrogens with zero attached hydrogens (tertiary/aromatic N) is 3. The molecule has 130 valence electrons. The standard InChI is InChI=1S/C16H28N4O2S/c1-13(23-3)5-8-19-6-4-7-20-15(11-19)9-14(18-20)10-17-16(21)12-22-2/h9,13H,4-8,10-12H2,1-3H3,(H,17,21). The molecule has 1 N–H and O–H groups in total. The summed E-state index contributed by atoms with van der Waals surface area (Å²) in [5.41, 5.74) is 2.17. The van der Waals surface area contributed by atoms with Crippen molar-refractivity contribution in [2.75, 3.05) is 33.1 Å². The molecule has 2 rings (SSSR count). The third-order valence-electron chi connectivity index (χ3n) is 4.14. The van der Waals surface area contributed by atoms with Crippen molar-refractivity contribution >= 4 is 17.7 Å². The number of fused-ring (bicyclic) bond motifs is 1. The zero-order chi connectivity index (χ0) is 16.7. The van der Waals surface area contributed by atoms with Crippen LogP contribution < -0.4 is 5.32 Å². The molecule has 2 heterocycles. The maximum absolute atomic E-state index is 11.5. The molecule has 0 fully saturated rings. The summed E-state index contributed by atoms with van der Waals surface area (Å²) in [6, 6.07) is 2.11. The Kier molecular flexibility index (Phi) is 7.39. The number of aryl methyl sites for hydroxylation is 1. The molecular weight excluding hydrogens is 312 g/mol. The van der Waals surface area contributed by atoms with Crippen molar-refractivity contribution in [1.29, 1.82) is 0 Å². The number of rotatable bonds is 8. The van der Waals surface area contributed by atoms with E-state index in [4.69, 9.17) is 4.74 Å². The summed E-state index contributed by atoms with van der Waals surface area (Å²) in [4.78, 5) is 14.0. The molecule has 6 nitrogen and oxygen atoms in total. The van der Waals surface area contributed by atoms with E-state index >= 15 is 0 Å². The second-order valence-electron chi connectivity index (χ2n) is 6.02. The molecule has 1 aliphatic heterocycles. The van der Waals surface area contributed by atoms with Crippen LogP contribution in [0.3, 0.4) is 0 Å². The quantitative estimate of drug-likeness (QED) is 0.777. The Hall–Kier alpha value is -1.05. The van der Waals surface area contributed by atoms with E-state index in [2.05, 4.69) is 39.2 Å². The van der Waals surface area contributed by atoms with Gasteiger partial charge in [0.15, 0.2) is 0 Å². The number of ether oxygens (including phenoxy) is 1. The molecule has 0 aliphatic carbocycles. The lowest BCUT2D eigenvalue weighted by molar-refractivity contribution is -0.124. The van der Waals surface area contributed by atoms with Gasteiger partial charge in [0.2, 0.25) is 5.91 Å². The molecular formula is C16H28N4O2S. The first-order valence-corrected chi connectivity index (χ1v) is 9.47. The highest BCUT2D eigenvalue weighted by Crippen LogP contribution is 2.16. The molecule has 0 saturated heterocycles. The minimum absolute atomic E-state index is 0.0922. The Bertz CT molecular complexity index is 506. The highest BCUT2D eigenvalue weighted by atomic mass is 32.2. The van der Waals surface area contributed by atoms with E-state index in [1.165, 1.54) is 19.2 Å². The van der Waals surface area contributed by atoms with Gasteiger partial charge in [-0.05, 0) is 31.7 Å². The van der Waals surface area contributed by atoms with Gasteiger partial charge in [-0.2, -0.15) is 16.9 Å². The molecule has 0 bridgehead atoms. The van der Waals surface area contributed by atoms with Crippen LogP contribution in [-0.4, -0.2) is 58.9 Å². The Balaban J connectivity index is 1.89. The number of carbonyl (C=O) groups is 1. The van der Waals surface area contributed by atoms with Gasteiger partial charge in [-0.1, -0.05) is 6.92 Å². The van der Waals surface area contributed by atoms with Gasteiger partial charge in [0, 0.05) is 32.0 Å². The van der Waals surface area contributed by atoms with E-state index in [0.717, 1.165) is 38.3 Å². The van der Waals surface area contributed by atoms with Crippen LogP contribution >= 0.6 is 11.8 Å². The summed E-state index contributed by atoms with van der Waals surface area (Å²) in [6.45, 7) is 7.00. The number of nitrogens with one attached hydrogen (secondary N) is 1. The van der Waals surface area contributed by atoms with Crippen molar-refractivity contribution in [2.24, 2.45) is 0 Å². The van der Waals surface area contributed by atoms with Gasteiger partial charge in [-0.15, -0.1) is 0 Å². The number of thioether (sulfide) groups is 1. The summed E-state index contributed by atoms with van der Waals surface area (Å²) in [5, 5.41) is 8.15. The summed E-state index contributed by atoms with van der Waals surface area (Å²) in [6.07, 6.45) is 4.51. The first-order valence-electron chi connectivity index (χ1n) is 8.18. The van der Waals surface area contributed by atoms with E-state index in [1.54, 1.807) is 0 Å². The smallest absolute Gasteiger partial charge is 0.246 e. The minimum Gasteiger partial charge on any atom is -0.375 e. The van der Waals surface area contributed by atoms with Crippen LogP contribution in [0.15, 0.2) is 6.07 Å². The summed E-state index contributed by atoms with van der Waals surface area (Å²) < 4.78 is 6.91. The first-order chi connectivity index (χ1) is 11.1. The van der Waals surface area contributed by atoms with E-state index in [9.17, 15) is 4.79 Å². The van der Waals surface area contributed by atoms with Crippen molar-refractivity contribution < 1.29 is 9.53 Å². The lowest BCUT2D eigenvalue weighted by Crippen LogP contribution is -2.27. The maximum Gasteiger partial charge on any atom is 0.246 e. The largest absolute Gasteiger partial charge is 0.375 e. The van der Waals surface area contributed by atoms with Gasteiger partial charge in [0.25, 0.3) is 0 Å². The third kappa shape index (κ3) is 5.82. The Morgan fingerprint density at radius 3 is 3.09 bits per heavy atom. The predicted octanol–water partition coefficient (Wildman–Crippen LogP) is 1.49. The summed E-state index contributed by atoms with van der Waals surface area (Å²) >= 11 is 1.93. The molecule has 23 heavy (non-hydrogen) atoms. The van der Waals surface area contributed by atoms with Crippen molar-refractivity contribution in [3.8, 4) is 0 Å². The average Bonchev–Trinajstić information content (AvgIpc) is 2.82. The fraction of sp³-hybridized carbons (Fsp3) is 0.750. The zero-order valence-electron chi connectivity index (χ0n) is 14.4. The van der Waals surface area contributed by atoms with Gasteiger partial charge in [0.05, 0.1) is 17.9 Å². The number of amides is 1. The normalized spacial score (nSPS) is 16.7. The lowest BCUT2D eigenvalue weighted by atomic mass is 10.2. The summed E-state index contributed by atoms with van der Waals surface area (Å²) in [7, 11) is 1.52. The van der Waals surface area contributed by atoms with Crippen LogP contribution in [0.5, 0.6) is 0 Å². The van der Waals surface area contributed by atoms with E-state index < -0.39 is 0 Å². The fourth-order valence-corrected chi connectivity index (χ4v) is 3.06. The van der Waals surface area contributed by atoms with E-state index in [-0.39, 0.29) is 12.5 Å². The average molecular weight is 340 g/mol. The first kappa shape index (κ1) is 18.3. The molecule has 1 amide bonds. The monoisotopic (exact) mass is 340 g/mol. The predicted molar refractivity (Wildman–Crippen MR) is 93.4 cm³/mol. The van der Waals surface area contributed by atoms with Crippen molar-refractivity contribution in [3.63, 3.8) is 0 Å². The molecule has 0 saturated carbocycles. The second kappa shape index (κ2) is 9.30. The van der Waals surface area contributed by atoms with Crippen molar-refractivity contribution in [2.45, 2.75) is 44.6 Å². The molecule has 7 heteroatoms. The number of methoxy groups -OCH3 is 1. The molecule has 1 atom stereocenters. The van der Waals surface area contributed by atoms with Gasteiger partial charge < -0.3 is 10.1 Å². The molecule has 1 aliphatic rings. The van der Waals surface area contributed by atoms with Gasteiger partial charge in [-0.25, -0.2) is 0 Å². The van der Waals surface area contributed by atoms with Crippen molar-refractivity contribution in [1.82, 2.24) is 20.0 Å². The molecule has 0 spiro atoms. The summed E-state index contributed by atoms with van der Waals surface area (Å²) in [5.74, 6) is -0.108. The number of hydrogen-bond acceptors (Lipinski definition) is 5. The molecule has 0 aromatic carbocycles. The second-order valence-corrected chi connectivity index (χ2v) is 7.30. The topological polar surface area (TPSA) is 59.4 Å². The van der Waals surface area contributed by atoms with Crippen LogP contribution in [0, 0.1) is 0 Å². The Morgan fingerprint density at radius 2 is 2.35 bits per heavy atom. The van der Waals surface area contributed by atoms with Crippen LogP contribution in [0.2, 0.25) is 0 Å². The third-order valence-corrected chi connectivity index (χ3v) is 5.18. The fourth-order valence-electron chi connectivity index (χ4n) is 2.72. The van der Waals surface area contributed by atoms with Crippen LogP contribution in [-0.2, 0) is 29.2 Å². The Morgan fingerprint density at radius 1 is 1.52 bits per heavy atom. The van der Waals surface area contributed by atoms with Crippen LogP contribution in [0.4, 0.5) is 0 Å². The van der Waals surface area contributed by atoms with Gasteiger partial charge >= 0.3 is 0 Å².